The van der Waals surface area contributed by atoms with Crippen LogP contribution in [0.25, 0.3) is 0 Å². The topological polar surface area (TPSA) is 96.0 Å². The van der Waals surface area contributed by atoms with E-state index in [1.807, 2.05) is 30.3 Å². The molecule has 0 aliphatic heterocycles. The molecule has 0 aliphatic rings. The monoisotopic (exact) mass is 653 g/mol. The lowest BCUT2D eigenvalue weighted by Gasteiger charge is -2.34. The maximum atomic E-state index is 14.4. The molecule has 44 heavy (non-hydrogen) atoms. The highest BCUT2D eigenvalue weighted by molar-refractivity contribution is 7.92. The number of benzene rings is 4. The number of rotatable bonds is 13. The van der Waals surface area contributed by atoms with Gasteiger partial charge in [0.15, 0.2) is 0 Å². The molecule has 4 aromatic rings. The van der Waals surface area contributed by atoms with Gasteiger partial charge in [0.1, 0.15) is 18.3 Å². The molecule has 0 aromatic heterocycles. The van der Waals surface area contributed by atoms with Crippen molar-refractivity contribution < 1.29 is 22.7 Å². The van der Waals surface area contributed by atoms with Crippen LogP contribution in [0.4, 0.5) is 5.69 Å². The van der Waals surface area contributed by atoms with Crippen LogP contribution in [0.1, 0.15) is 18.1 Å². The zero-order valence-electron chi connectivity index (χ0n) is 24.3. The summed E-state index contributed by atoms with van der Waals surface area (Å²) >= 11 is 13.1. The van der Waals surface area contributed by atoms with E-state index in [0.29, 0.717) is 27.9 Å². The van der Waals surface area contributed by atoms with Gasteiger partial charge in [0, 0.05) is 41.2 Å². The second kappa shape index (κ2) is 15.1. The average Bonchev–Trinajstić information content (AvgIpc) is 3.03. The fourth-order valence-corrected chi connectivity index (χ4v) is 6.66. The lowest BCUT2D eigenvalue weighted by molar-refractivity contribution is -0.140. The molecule has 0 radical (unpaired) electrons. The number of carbonyl (C=O) groups is 2. The lowest BCUT2D eigenvalue weighted by Crippen LogP contribution is -2.53. The largest absolute Gasteiger partial charge is 0.497 e. The summed E-state index contributed by atoms with van der Waals surface area (Å²) < 4.78 is 34.5. The summed E-state index contributed by atoms with van der Waals surface area (Å²) in [5.41, 5.74) is 1.47. The minimum absolute atomic E-state index is 0.000815. The molecule has 0 heterocycles. The molecule has 1 N–H and O–H groups in total. The Kier molecular flexibility index (Phi) is 11.3. The molecular weight excluding hydrogens is 621 g/mol. The van der Waals surface area contributed by atoms with Gasteiger partial charge in [0.25, 0.3) is 10.0 Å². The zero-order chi connectivity index (χ0) is 31.7. The number of carbonyl (C=O) groups excluding carboxylic acids is 2. The first-order valence-corrected chi connectivity index (χ1v) is 16.1. The number of amides is 2. The highest BCUT2D eigenvalue weighted by Gasteiger charge is 2.35. The van der Waals surface area contributed by atoms with E-state index in [-0.39, 0.29) is 23.5 Å². The van der Waals surface area contributed by atoms with Crippen LogP contribution in [0.3, 0.4) is 0 Å². The number of hydrogen-bond donors (Lipinski definition) is 1. The minimum Gasteiger partial charge on any atom is -0.497 e. The van der Waals surface area contributed by atoms with Crippen LogP contribution in [-0.4, -0.2) is 51.4 Å². The summed E-state index contributed by atoms with van der Waals surface area (Å²) in [5, 5.41) is 3.45. The SMILES string of the molecule is CCNC(=O)[C@@H](Cc1ccccc1)N(Cc1c(Cl)cccc1Cl)C(=O)CN(c1cccc(OC)c1)S(=O)(=O)c1ccccc1. The van der Waals surface area contributed by atoms with Crippen LogP contribution in [0, 0.1) is 0 Å². The molecule has 0 saturated heterocycles. The van der Waals surface area contributed by atoms with Crippen LogP contribution < -0.4 is 14.4 Å². The number of sulfonamides is 1. The number of hydrogen-bond acceptors (Lipinski definition) is 5. The van der Waals surface area contributed by atoms with Crippen molar-refractivity contribution in [1.29, 1.82) is 0 Å². The normalized spacial score (nSPS) is 11.8. The molecule has 11 heteroatoms. The summed E-state index contributed by atoms with van der Waals surface area (Å²) in [7, 11) is -2.77. The first kappa shape index (κ1) is 32.9. The average molecular weight is 655 g/mol. The number of nitrogens with one attached hydrogen (secondary N) is 1. The molecule has 0 bridgehead atoms. The lowest BCUT2D eigenvalue weighted by atomic mass is 10.0. The molecule has 230 valence electrons. The van der Waals surface area contributed by atoms with Gasteiger partial charge in [0.05, 0.1) is 17.7 Å². The maximum absolute atomic E-state index is 14.4. The third-order valence-corrected chi connectivity index (χ3v) is 9.46. The second-order valence-electron chi connectivity index (χ2n) is 9.85. The van der Waals surface area contributed by atoms with Gasteiger partial charge in [0.2, 0.25) is 11.8 Å². The van der Waals surface area contributed by atoms with Crippen molar-refractivity contribution >= 4 is 50.7 Å². The molecular formula is C33H33Cl2N3O5S. The number of methoxy groups -OCH3 is 1. The molecule has 4 aromatic carbocycles. The molecule has 0 spiro atoms. The molecule has 0 fully saturated rings. The van der Waals surface area contributed by atoms with Crippen molar-refractivity contribution in [3.8, 4) is 5.75 Å². The van der Waals surface area contributed by atoms with Gasteiger partial charge in [-0.1, -0.05) is 83.9 Å². The molecule has 1 atom stereocenters. The number of likely N-dealkylation sites (N-methyl/N-ethyl adjacent to an activating group) is 1. The van der Waals surface area contributed by atoms with Gasteiger partial charge >= 0.3 is 0 Å². The van der Waals surface area contributed by atoms with Crippen molar-refractivity contribution in [2.75, 3.05) is 24.5 Å². The Hall–Kier alpha value is -4.05. The first-order chi connectivity index (χ1) is 21.1. The van der Waals surface area contributed by atoms with Crippen molar-refractivity contribution in [1.82, 2.24) is 10.2 Å². The van der Waals surface area contributed by atoms with Crippen molar-refractivity contribution in [2.45, 2.75) is 30.8 Å². The van der Waals surface area contributed by atoms with Crippen LogP contribution in [-0.2, 0) is 32.6 Å². The van der Waals surface area contributed by atoms with E-state index in [1.165, 1.54) is 30.2 Å². The van der Waals surface area contributed by atoms with E-state index in [0.717, 1.165) is 9.87 Å². The van der Waals surface area contributed by atoms with Gasteiger partial charge in [-0.15, -0.1) is 0 Å². The fraction of sp³-hybridized carbons (Fsp3) is 0.212. The Morgan fingerprint density at radius 2 is 1.48 bits per heavy atom. The van der Waals surface area contributed by atoms with Gasteiger partial charge in [-0.05, 0) is 48.9 Å². The summed E-state index contributed by atoms with van der Waals surface area (Å²) in [6.45, 7) is 1.36. The van der Waals surface area contributed by atoms with E-state index in [9.17, 15) is 18.0 Å². The van der Waals surface area contributed by atoms with Crippen molar-refractivity contribution in [2.24, 2.45) is 0 Å². The number of anilines is 1. The van der Waals surface area contributed by atoms with E-state index in [4.69, 9.17) is 27.9 Å². The Bertz CT molecular complexity index is 1670. The van der Waals surface area contributed by atoms with Gasteiger partial charge < -0.3 is 15.0 Å². The Balaban J connectivity index is 1.83. The highest BCUT2D eigenvalue weighted by Crippen LogP contribution is 2.30. The maximum Gasteiger partial charge on any atom is 0.264 e. The summed E-state index contributed by atoms with van der Waals surface area (Å²) in [6.07, 6.45) is 0.172. The minimum atomic E-state index is -4.23. The van der Waals surface area contributed by atoms with Crippen LogP contribution in [0.2, 0.25) is 10.0 Å². The third-order valence-electron chi connectivity index (χ3n) is 6.96. The van der Waals surface area contributed by atoms with Crippen LogP contribution >= 0.6 is 23.2 Å². The van der Waals surface area contributed by atoms with Gasteiger partial charge in [-0.3, -0.25) is 13.9 Å². The predicted molar refractivity (Wildman–Crippen MR) is 174 cm³/mol. The second-order valence-corrected chi connectivity index (χ2v) is 12.5. The van der Waals surface area contributed by atoms with Crippen molar-refractivity contribution in [3.05, 3.63) is 124 Å². The van der Waals surface area contributed by atoms with Crippen molar-refractivity contribution in [3.63, 3.8) is 0 Å². The summed E-state index contributed by atoms with van der Waals surface area (Å²) in [5.74, 6) is -0.616. The third kappa shape index (κ3) is 7.91. The first-order valence-electron chi connectivity index (χ1n) is 13.9. The van der Waals surface area contributed by atoms with Crippen LogP contribution in [0.15, 0.2) is 108 Å². The van der Waals surface area contributed by atoms with E-state index >= 15 is 0 Å². The van der Waals surface area contributed by atoms with Gasteiger partial charge in [-0.25, -0.2) is 8.42 Å². The Labute approximate surface area is 268 Å². The molecule has 2 amide bonds. The standard InChI is InChI=1S/C33H33Cl2N3O5S/c1-3-36-33(40)31(20-24-12-6-4-7-13-24)37(22-28-29(34)18-11-19-30(28)35)32(39)23-38(25-14-10-15-26(21-25)43-2)44(41,42)27-16-8-5-9-17-27/h4-19,21,31H,3,20,22-23H2,1-2H3,(H,36,40)/t31-/m1/s1. The van der Waals surface area contributed by atoms with E-state index < -0.39 is 34.4 Å². The van der Waals surface area contributed by atoms with Crippen LogP contribution in [0.5, 0.6) is 5.75 Å². The molecule has 0 aliphatic carbocycles. The smallest absolute Gasteiger partial charge is 0.264 e. The number of halogens is 2. The number of nitrogens with zero attached hydrogens (tertiary/aromatic N) is 2. The van der Waals surface area contributed by atoms with Gasteiger partial charge in [-0.2, -0.15) is 0 Å². The number of ether oxygens (including phenoxy) is 1. The summed E-state index contributed by atoms with van der Waals surface area (Å²) in [4.78, 5) is 29.4. The fourth-order valence-electron chi connectivity index (χ4n) is 4.71. The predicted octanol–water partition coefficient (Wildman–Crippen LogP) is 5.97. The summed E-state index contributed by atoms with van der Waals surface area (Å²) in [6, 6.07) is 27.5. The Morgan fingerprint density at radius 1 is 0.864 bits per heavy atom. The molecule has 4 rings (SSSR count). The highest BCUT2D eigenvalue weighted by atomic mass is 35.5. The molecule has 0 saturated carbocycles. The quantitative estimate of drug-likeness (QED) is 0.192. The Morgan fingerprint density at radius 3 is 2.09 bits per heavy atom. The molecule has 0 unspecified atom stereocenters. The zero-order valence-corrected chi connectivity index (χ0v) is 26.6. The van der Waals surface area contributed by atoms with E-state index in [1.54, 1.807) is 61.5 Å². The van der Waals surface area contributed by atoms with E-state index in [2.05, 4.69) is 5.32 Å². The molecule has 8 nitrogen and oxygen atoms in total.